The summed E-state index contributed by atoms with van der Waals surface area (Å²) >= 11 is 0. The average molecular weight is 159 g/mol. The van der Waals surface area contributed by atoms with Gasteiger partial charge in [-0.05, 0) is 31.8 Å². The highest BCUT2D eigenvalue weighted by atomic mass is 13.8. The van der Waals surface area contributed by atoms with Gasteiger partial charge in [0, 0.05) is 0 Å². The van der Waals surface area contributed by atoms with Gasteiger partial charge < -0.3 is 0 Å². The van der Waals surface area contributed by atoms with E-state index in [1.165, 1.54) is 0 Å². The first-order valence-electron chi connectivity index (χ1n) is 4.53. The van der Waals surface area contributed by atoms with Crippen LogP contribution in [-0.4, -0.2) is 0 Å². The summed E-state index contributed by atoms with van der Waals surface area (Å²) < 4.78 is 0. The van der Waals surface area contributed by atoms with E-state index in [-0.39, 0.29) is 0 Å². The van der Waals surface area contributed by atoms with Crippen molar-refractivity contribution in [3.63, 3.8) is 0 Å². The molecule has 0 spiro atoms. The van der Waals surface area contributed by atoms with Crippen LogP contribution in [0.1, 0.15) is 25.7 Å². The molecular formula is C12H15. The highest BCUT2D eigenvalue weighted by molar-refractivity contribution is 5.02. The van der Waals surface area contributed by atoms with Gasteiger partial charge in [0.05, 0.1) is 0 Å². The van der Waals surface area contributed by atoms with Crippen LogP contribution in [0.4, 0.5) is 0 Å². The van der Waals surface area contributed by atoms with E-state index in [0.717, 1.165) is 25.7 Å². The van der Waals surface area contributed by atoms with Crippen molar-refractivity contribution in [2.45, 2.75) is 25.7 Å². The third kappa shape index (κ3) is 4.73. The molecule has 0 nitrogen and oxygen atoms in total. The van der Waals surface area contributed by atoms with Gasteiger partial charge in [-0.1, -0.05) is 42.5 Å². The van der Waals surface area contributed by atoms with E-state index in [1.54, 1.807) is 0 Å². The Balaban J connectivity index is 2.41. The van der Waals surface area contributed by atoms with E-state index in [4.69, 9.17) is 0 Å². The van der Waals surface area contributed by atoms with Crippen LogP contribution in [-0.2, 0) is 0 Å². The van der Waals surface area contributed by atoms with Gasteiger partial charge in [-0.3, -0.25) is 0 Å². The maximum Gasteiger partial charge on any atom is -0.0166 e. The first-order valence-corrected chi connectivity index (χ1v) is 4.53. The van der Waals surface area contributed by atoms with Crippen molar-refractivity contribution in [1.82, 2.24) is 0 Å². The molecule has 0 amide bonds. The Bertz CT molecular complexity index is 204. The van der Waals surface area contributed by atoms with Crippen molar-refractivity contribution < 1.29 is 0 Å². The van der Waals surface area contributed by atoms with Crippen LogP contribution in [0.3, 0.4) is 0 Å². The molecule has 1 aliphatic carbocycles. The average Bonchev–Trinajstić information content (AvgIpc) is 2.05. The molecule has 1 radical (unpaired) electrons. The minimum Gasteiger partial charge on any atom is -0.0879 e. The van der Waals surface area contributed by atoms with Gasteiger partial charge in [0.2, 0.25) is 0 Å². The van der Waals surface area contributed by atoms with E-state index in [9.17, 15) is 0 Å². The summed E-state index contributed by atoms with van der Waals surface area (Å²) in [5, 5.41) is 0. The Morgan fingerprint density at radius 2 is 1.50 bits per heavy atom. The van der Waals surface area contributed by atoms with E-state index in [0.29, 0.717) is 0 Å². The summed E-state index contributed by atoms with van der Waals surface area (Å²) in [5.41, 5.74) is 0. The lowest BCUT2D eigenvalue weighted by atomic mass is 10.2. The molecule has 0 saturated heterocycles. The predicted octanol–water partition coefficient (Wildman–Crippen LogP) is 3.59. The largest absolute Gasteiger partial charge is 0.0879 e. The fraction of sp³-hybridized carbons (Fsp3) is 0.333. The number of allylic oxidation sites excluding steroid dienone is 8. The standard InChI is InChI=1S/C12H15/c1-2-4-6-8-10-12-11-9-7-5-3-1/h1-2,5-8,12H,3-4,9,11H2/b2-1+,7-5-,8-6+,12-10?. The van der Waals surface area contributed by atoms with Crippen molar-refractivity contribution in [2.24, 2.45) is 0 Å². The van der Waals surface area contributed by atoms with Crippen molar-refractivity contribution in [3.05, 3.63) is 48.6 Å². The lowest BCUT2D eigenvalue weighted by Crippen LogP contribution is -1.67. The molecule has 0 aromatic rings. The molecule has 0 atom stereocenters. The molecule has 0 heteroatoms. The van der Waals surface area contributed by atoms with Gasteiger partial charge in [0.25, 0.3) is 0 Å². The van der Waals surface area contributed by atoms with E-state index >= 15 is 0 Å². The lowest BCUT2D eigenvalue weighted by Gasteiger charge is -1.87. The smallest absolute Gasteiger partial charge is 0.0166 e. The fourth-order valence-corrected chi connectivity index (χ4v) is 1.03. The zero-order valence-corrected chi connectivity index (χ0v) is 7.37. The molecule has 0 fully saturated rings. The summed E-state index contributed by atoms with van der Waals surface area (Å²) in [6.07, 6.45) is 22.5. The number of rotatable bonds is 0. The van der Waals surface area contributed by atoms with Gasteiger partial charge >= 0.3 is 0 Å². The van der Waals surface area contributed by atoms with Crippen molar-refractivity contribution in [1.29, 1.82) is 0 Å². The van der Waals surface area contributed by atoms with Crippen LogP contribution >= 0.6 is 0 Å². The van der Waals surface area contributed by atoms with Crippen LogP contribution in [0.25, 0.3) is 0 Å². The maximum absolute atomic E-state index is 3.13. The van der Waals surface area contributed by atoms with Crippen molar-refractivity contribution in [2.75, 3.05) is 0 Å². The van der Waals surface area contributed by atoms with Crippen LogP contribution < -0.4 is 0 Å². The van der Waals surface area contributed by atoms with E-state index < -0.39 is 0 Å². The summed E-state index contributed by atoms with van der Waals surface area (Å²) in [6.45, 7) is 0. The maximum atomic E-state index is 3.13. The molecule has 0 aliphatic heterocycles. The zero-order chi connectivity index (χ0) is 8.49. The third-order valence-corrected chi connectivity index (χ3v) is 1.69. The summed E-state index contributed by atoms with van der Waals surface area (Å²) in [5.74, 6) is 0. The lowest BCUT2D eigenvalue weighted by molar-refractivity contribution is 1.04. The Morgan fingerprint density at radius 1 is 0.750 bits per heavy atom. The second kappa shape index (κ2) is 6.66. The zero-order valence-electron chi connectivity index (χ0n) is 7.37. The molecular weight excluding hydrogens is 144 g/mol. The molecule has 0 aromatic heterocycles. The summed E-state index contributed by atoms with van der Waals surface area (Å²) in [6, 6.07) is 0. The molecule has 0 aromatic carbocycles. The van der Waals surface area contributed by atoms with Gasteiger partial charge in [-0.15, -0.1) is 0 Å². The number of hydrogen-bond donors (Lipinski definition) is 0. The second-order valence-electron chi connectivity index (χ2n) is 2.76. The second-order valence-corrected chi connectivity index (χ2v) is 2.76. The van der Waals surface area contributed by atoms with Gasteiger partial charge in [-0.2, -0.15) is 0 Å². The summed E-state index contributed by atoms with van der Waals surface area (Å²) in [4.78, 5) is 0. The van der Waals surface area contributed by atoms with Crippen LogP contribution in [0.2, 0.25) is 0 Å². The van der Waals surface area contributed by atoms with Crippen molar-refractivity contribution in [3.8, 4) is 0 Å². The number of hydrogen-bond acceptors (Lipinski definition) is 0. The van der Waals surface area contributed by atoms with E-state index in [2.05, 4.69) is 42.5 Å². The Kier molecular flexibility index (Phi) is 5.02. The highest BCUT2D eigenvalue weighted by Gasteiger charge is 1.78. The third-order valence-electron chi connectivity index (χ3n) is 1.69. The Hall–Kier alpha value is -1.04. The Labute approximate surface area is 75.0 Å². The minimum atomic E-state index is 1.02. The highest BCUT2D eigenvalue weighted by Crippen LogP contribution is 1.98. The normalized spacial score (nSPS) is 29.3. The van der Waals surface area contributed by atoms with Crippen molar-refractivity contribution >= 4 is 0 Å². The first-order chi connectivity index (χ1) is 6.00. The molecule has 0 heterocycles. The molecule has 1 aliphatic rings. The molecule has 0 N–H and O–H groups in total. The molecule has 63 valence electrons. The molecule has 0 unspecified atom stereocenters. The molecule has 0 saturated carbocycles. The quantitative estimate of drug-likeness (QED) is 0.474. The van der Waals surface area contributed by atoms with Gasteiger partial charge in [0.1, 0.15) is 0 Å². The first kappa shape index (κ1) is 9.05. The molecule has 12 heavy (non-hydrogen) atoms. The van der Waals surface area contributed by atoms with Crippen LogP contribution in [0, 0.1) is 6.08 Å². The van der Waals surface area contributed by atoms with Gasteiger partial charge in [-0.25, -0.2) is 0 Å². The Morgan fingerprint density at radius 3 is 2.42 bits per heavy atom. The van der Waals surface area contributed by atoms with Crippen LogP contribution in [0.5, 0.6) is 0 Å². The molecule has 0 bridgehead atoms. The summed E-state index contributed by atoms with van der Waals surface area (Å²) in [7, 11) is 0. The van der Waals surface area contributed by atoms with Crippen LogP contribution in [0.15, 0.2) is 42.5 Å². The van der Waals surface area contributed by atoms with E-state index in [1.807, 2.05) is 6.08 Å². The predicted molar refractivity (Wildman–Crippen MR) is 53.7 cm³/mol. The fourth-order valence-electron chi connectivity index (χ4n) is 1.03. The molecule has 1 rings (SSSR count). The SMILES string of the molecule is [C]1=C\CC/C=C\C/C=C/C/C=C/1. The monoisotopic (exact) mass is 159 g/mol. The minimum absolute atomic E-state index is 1.02. The topological polar surface area (TPSA) is 0 Å². The van der Waals surface area contributed by atoms with Gasteiger partial charge in [0.15, 0.2) is 0 Å².